The Morgan fingerprint density at radius 2 is 2.20 bits per heavy atom. The van der Waals surface area contributed by atoms with Crippen LogP contribution in [0.1, 0.15) is 28.9 Å². The molecule has 5 nitrogen and oxygen atoms in total. The highest BCUT2D eigenvalue weighted by Crippen LogP contribution is 2.05. The second-order valence-corrected chi connectivity index (χ2v) is 4.74. The zero-order valence-corrected chi connectivity index (χ0v) is 11.6. The summed E-state index contributed by atoms with van der Waals surface area (Å²) >= 11 is 0. The van der Waals surface area contributed by atoms with Crippen LogP contribution in [0.25, 0.3) is 0 Å². The van der Waals surface area contributed by atoms with Crippen LogP contribution in [0, 0.1) is 11.8 Å². The van der Waals surface area contributed by atoms with Crippen molar-refractivity contribution in [3.8, 4) is 11.8 Å². The van der Waals surface area contributed by atoms with E-state index < -0.39 is 0 Å². The molecular formula is C15H20N4O. The zero-order valence-electron chi connectivity index (χ0n) is 11.6. The molecular weight excluding hydrogens is 252 g/mol. The first-order valence-corrected chi connectivity index (χ1v) is 6.95. The van der Waals surface area contributed by atoms with Crippen molar-refractivity contribution in [2.75, 3.05) is 32.7 Å². The Hall–Kier alpha value is -1.90. The second-order valence-electron chi connectivity index (χ2n) is 4.74. The SMILES string of the molecule is NCC#Cc1ccc(C(=O)NCCN2CCCC2)nc1. The van der Waals surface area contributed by atoms with Gasteiger partial charge in [0.15, 0.2) is 0 Å². The molecule has 0 bridgehead atoms. The van der Waals surface area contributed by atoms with E-state index in [0.717, 1.165) is 25.2 Å². The van der Waals surface area contributed by atoms with Gasteiger partial charge in [-0.1, -0.05) is 11.8 Å². The number of carbonyl (C=O) groups is 1. The van der Waals surface area contributed by atoms with Crippen molar-refractivity contribution in [1.29, 1.82) is 0 Å². The van der Waals surface area contributed by atoms with Gasteiger partial charge in [-0.15, -0.1) is 0 Å². The van der Waals surface area contributed by atoms with E-state index in [2.05, 4.69) is 27.0 Å². The van der Waals surface area contributed by atoms with Crippen LogP contribution in [0.5, 0.6) is 0 Å². The molecule has 5 heteroatoms. The Balaban J connectivity index is 1.79. The van der Waals surface area contributed by atoms with E-state index in [1.165, 1.54) is 12.8 Å². The van der Waals surface area contributed by atoms with Gasteiger partial charge in [-0.2, -0.15) is 0 Å². The maximum Gasteiger partial charge on any atom is 0.269 e. The molecule has 1 amide bonds. The monoisotopic (exact) mass is 272 g/mol. The highest BCUT2D eigenvalue weighted by Gasteiger charge is 2.12. The number of nitrogens with one attached hydrogen (secondary N) is 1. The van der Waals surface area contributed by atoms with E-state index in [1.54, 1.807) is 18.3 Å². The molecule has 1 aromatic heterocycles. The van der Waals surface area contributed by atoms with Crippen molar-refractivity contribution in [2.45, 2.75) is 12.8 Å². The number of nitrogens with two attached hydrogens (primary N) is 1. The molecule has 0 aromatic carbocycles. The molecule has 1 saturated heterocycles. The smallest absolute Gasteiger partial charge is 0.269 e. The highest BCUT2D eigenvalue weighted by atomic mass is 16.1. The highest BCUT2D eigenvalue weighted by molar-refractivity contribution is 5.92. The van der Waals surface area contributed by atoms with Gasteiger partial charge in [-0.05, 0) is 38.1 Å². The number of rotatable bonds is 4. The van der Waals surface area contributed by atoms with E-state index in [1.807, 2.05) is 0 Å². The molecule has 0 saturated carbocycles. The van der Waals surface area contributed by atoms with Crippen LogP contribution in [-0.2, 0) is 0 Å². The van der Waals surface area contributed by atoms with Gasteiger partial charge >= 0.3 is 0 Å². The standard InChI is InChI=1S/C15H20N4O/c16-7-3-4-13-5-6-14(18-12-13)15(20)17-8-11-19-9-1-2-10-19/h5-6,12H,1-2,7-11,16H2,(H,17,20). The number of pyridine rings is 1. The molecule has 3 N–H and O–H groups in total. The number of hydrogen-bond donors (Lipinski definition) is 2. The lowest BCUT2D eigenvalue weighted by atomic mass is 10.2. The van der Waals surface area contributed by atoms with Crippen molar-refractivity contribution in [1.82, 2.24) is 15.2 Å². The van der Waals surface area contributed by atoms with E-state index in [4.69, 9.17) is 5.73 Å². The van der Waals surface area contributed by atoms with Crippen molar-refractivity contribution < 1.29 is 4.79 Å². The van der Waals surface area contributed by atoms with Crippen molar-refractivity contribution in [3.63, 3.8) is 0 Å². The molecule has 1 aromatic rings. The Morgan fingerprint density at radius 1 is 1.40 bits per heavy atom. The number of carbonyl (C=O) groups excluding carboxylic acids is 1. The molecule has 0 atom stereocenters. The van der Waals surface area contributed by atoms with Crippen molar-refractivity contribution in [2.24, 2.45) is 5.73 Å². The Kier molecular flexibility index (Phi) is 5.54. The summed E-state index contributed by atoms with van der Waals surface area (Å²) in [6.45, 7) is 4.17. The van der Waals surface area contributed by atoms with Gasteiger partial charge in [0.2, 0.25) is 0 Å². The summed E-state index contributed by atoms with van der Waals surface area (Å²) < 4.78 is 0. The summed E-state index contributed by atoms with van der Waals surface area (Å²) in [7, 11) is 0. The molecule has 2 heterocycles. The van der Waals surface area contributed by atoms with Crippen LogP contribution in [0.4, 0.5) is 0 Å². The fourth-order valence-electron chi connectivity index (χ4n) is 2.18. The van der Waals surface area contributed by atoms with Crippen LogP contribution < -0.4 is 11.1 Å². The molecule has 0 aliphatic carbocycles. The zero-order chi connectivity index (χ0) is 14.2. The van der Waals surface area contributed by atoms with Gasteiger partial charge in [-0.3, -0.25) is 4.79 Å². The molecule has 2 rings (SSSR count). The van der Waals surface area contributed by atoms with Crippen molar-refractivity contribution >= 4 is 5.91 Å². The molecule has 106 valence electrons. The summed E-state index contributed by atoms with van der Waals surface area (Å²) in [4.78, 5) is 18.4. The van der Waals surface area contributed by atoms with Gasteiger partial charge in [0.05, 0.1) is 6.54 Å². The first-order valence-electron chi connectivity index (χ1n) is 6.95. The first kappa shape index (κ1) is 14.5. The van der Waals surface area contributed by atoms with Gasteiger partial charge in [0.1, 0.15) is 5.69 Å². The average molecular weight is 272 g/mol. The number of amides is 1. The quantitative estimate of drug-likeness (QED) is 0.769. The van der Waals surface area contributed by atoms with E-state index in [0.29, 0.717) is 18.8 Å². The van der Waals surface area contributed by atoms with Crippen molar-refractivity contribution in [3.05, 3.63) is 29.6 Å². The summed E-state index contributed by atoms with van der Waals surface area (Å²) in [5, 5.41) is 2.89. The number of nitrogens with zero attached hydrogens (tertiary/aromatic N) is 2. The lowest BCUT2D eigenvalue weighted by Gasteiger charge is -2.14. The van der Waals surface area contributed by atoms with Crippen LogP contribution in [0.3, 0.4) is 0 Å². The number of hydrogen-bond acceptors (Lipinski definition) is 4. The molecule has 1 fully saturated rings. The Morgan fingerprint density at radius 3 is 2.85 bits per heavy atom. The normalized spacial score (nSPS) is 14.7. The van der Waals surface area contributed by atoms with Crippen LogP contribution >= 0.6 is 0 Å². The second kappa shape index (κ2) is 7.63. The molecule has 1 aliphatic rings. The number of likely N-dealkylation sites (tertiary alicyclic amines) is 1. The topological polar surface area (TPSA) is 71.2 Å². The third-order valence-corrected chi connectivity index (χ3v) is 3.24. The fourth-order valence-corrected chi connectivity index (χ4v) is 2.18. The van der Waals surface area contributed by atoms with Crippen LogP contribution in [-0.4, -0.2) is 48.5 Å². The first-order chi connectivity index (χ1) is 9.79. The summed E-state index contributed by atoms with van der Waals surface area (Å²) in [5.41, 5.74) is 6.49. The molecule has 0 unspecified atom stereocenters. The third-order valence-electron chi connectivity index (χ3n) is 3.24. The summed E-state index contributed by atoms with van der Waals surface area (Å²) in [6.07, 6.45) is 4.12. The third kappa shape index (κ3) is 4.34. The largest absolute Gasteiger partial charge is 0.349 e. The van der Waals surface area contributed by atoms with Gasteiger partial charge in [0, 0.05) is 24.8 Å². The van der Waals surface area contributed by atoms with E-state index in [-0.39, 0.29) is 5.91 Å². The van der Waals surface area contributed by atoms with E-state index in [9.17, 15) is 4.79 Å². The Bertz CT molecular complexity index is 495. The maximum absolute atomic E-state index is 11.9. The minimum atomic E-state index is -0.137. The molecule has 0 radical (unpaired) electrons. The average Bonchev–Trinajstić information content (AvgIpc) is 2.99. The summed E-state index contributed by atoms with van der Waals surface area (Å²) in [6, 6.07) is 3.47. The molecule has 20 heavy (non-hydrogen) atoms. The lowest BCUT2D eigenvalue weighted by molar-refractivity contribution is 0.0945. The fraction of sp³-hybridized carbons (Fsp3) is 0.467. The van der Waals surface area contributed by atoms with Gasteiger partial charge < -0.3 is 16.0 Å². The predicted molar refractivity (Wildman–Crippen MR) is 78.2 cm³/mol. The molecule has 0 spiro atoms. The summed E-state index contributed by atoms with van der Waals surface area (Å²) in [5.74, 6) is 5.49. The Labute approximate surface area is 119 Å². The minimum absolute atomic E-state index is 0.137. The molecule has 1 aliphatic heterocycles. The minimum Gasteiger partial charge on any atom is -0.349 e. The van der Waals surface area contributed by atoms with E-state index >= 15 is 0 Å². The van der Waals surface area contributed by atoms with Crippen LogP contribution in [0.2, 0.25) is 0 Å². The van der Waals surface area contributed by atoms with Gasteiger partial charge in [0.25, 0.3) is 5.91 Å². The number of aromatic nitrogens is 1. The maximum atomic E-state index is 11.9. The van der Waals surface area contributed by atoms with Gasteiger partial charge in [-0.25, -0.2) is 4.98 Å². The predicted octanol–water partition coefficient (Wildman–Crippen LogP) is 0.217. The van der Waals surface area contributed by atoms with Crippen LogP contribution in [0.15, 0.2) is 18.3 Å². The lowest BCUT2D eigenvalue weighted by Crippen LogP contribution is -2.33.